The van der Waals surface area contributed by atoms with Crippen LogP contribution in [0.4, 0.5) is 0 Å². The molecule has 0 aliphatic carbocycles. The average molecular weight is 197 g/mol. The van der Waals surface area contributed by atoms with E-state index in [0.29, 0.717) is 11.2 Å². The molecule has 0 unspecified atom stereocenters. The van der Waals surface area contributed by atoms with Gasteiger partial charge in [0.15, 0.2) is 0 Å². The van der Waals surface area contributed by atoms with E-state index >= 15 is 0 Å². The van der Waals surface area contributed by atoms with Gasteiger partial charge in [0.05, 0.1) is 0 Å². The van der Waals surface area contributed by atoms with Crippen molar-refractivity contribution >= 4 is 5.78 Å². The second kappa shape index (κ2) is 3.65. The van der Waals surface area contributed by atoms with Crippen LogP contribution < -0.4 is 0 Å². The summed E-state index contributed by atoms with van der Waals surface area (Å²) in [5.41, 5.74) is 0.257. The van der Waals surface area contributed by atoms with Gasteiger partial charge in [-0.05, 0) is 25.3 Å². The number of ketones is 1. The van der Waals surface area contributed by atoms with Crippen molar-refractivity contribution in [2.45, 2.75) is 41.0 Å². The van der Waals surface area contributed by atoms with Gasteiger partial charge >= 0.3 is 0 Å². The lowest BCUT2D eigenvalue weighted by atomic mass is 9.88. The van der Waals surface area contributed by atoms with E-state index in [1.165, 1.54) is 6.42 Å². The third-order valence-corrected chi connectivity index (χ3v) is 3.33. The summed E-state index contributed by atoms with van der Waals surface area (Å²) in [7, 11) is 0. The predicted octanol–water partition coefficient (Wildman–Crippen LogP) is 2.33. The van der Waals surface area contributed by atoms with Gasteiger partial charge in [-0.1, -0.05) is 27.7 Å². The highest BCUT2D eigenvalue weighted by Crippen LogP contribution is 2.31. The SMILES string of the molecule is CC(=O)C(C)(C)CN1CCC(C)(C)C1. The van der Waals surface area contributed by atoms with Crippen LogP contribution in [0.25, 0.3) is 0 Å². The third kappa shape index (κ3) is 2.81. The first kappa shape index (κ1) is 11.7. The van der Waals surface area contributed by atoms with Crippen LogP contribution in [0.1, 0.15) is 41.0 Å². The van der Waals surface area contributed by atoms with E-state index in [4.69, 9.17) is 0 Å². The van der Waals surface area contributed by atoms with Crippen LogP contribution in [-0.2, 0) is 4.79 Å². The highest BCUT2D eigenvalue weighted by molar-refractivity contribution is 5.81. The number of hydrogen-bond donors (Lipinski definition) is 0. The van der Waals surface area contributed by atoms with Gasteiger partial charge in [0.2, 0.25) is 0 Å². The summed E-state index contributed by atoms with van der Waals surface area (Å²) in [6.45, 7) is 13.6. The molecule has 0 amide bonds. The lowest BCUT2D eigenvalue weighted by Gasteiger charge is -2.28. The zero-order valence-corrected chi connectivity index (χ0v) is 10.2. The van der Waals surface area contributed by atoms with Crippen molar-refractivity contribution in [2.24, 2.45) is 10.8 Å². The summed E-state index contributed by atoms with van der Waals surface area (Å²) in [4.78, 5) is 13.8. The first-order chi connectivity index (χ1) is 6.23. The van der Waals surface area contributed by atoms with E-state index in [1.807, 2.05) is 13.8 Å². The summed E-state index contributed by atoms with van der Waals surface area (Å²) in [5, 5.41) is 0. The average Bonchev–Trinajstić information content (AvgIpc) is 2.28. The fraction of sp³-hybridized carbons (Fsp3) is 0.917. The molecule has 0 atom stereocenters. The molecule has 2 nitrogen and oxygen atoms in total. The maximum absolute atomic E-state index is 11.4. The normalized spacial score (nSPS) is 22.6. The van der Waals surface area contributed by atoms with E-state index < -0.39 is 0 Å². The van der Waals surface area contributed by atoms with Crippen molar-refractivity contribution in [1.29, 1.82) is 0 Å². The number of likely N-dealkylation sites (tertiary alicyclic amines) is 1. The van der Waals surface area contributed by atoms with E-state index in [9.17, 15) is 4.79 Å². The maximum atomic E-state index is 11.4. The Morgan fingerprint density at radius 2 is 2.00 bits per heavy atom. The number of carbonyl (C=O) groups excluding carboxylic acids is 1. The molecule has 0 N–H and O–H groups in total. The zero-order chi connectivity index (χ0) is 11.0. The number of Topliss-reactive ketones (excluding diaryl/α,β-unsaturated/α-hetero) is 1. The molecule has 1 aliphatic rings. The standard InChI is InChI=1S/C12H23NO/c1-10(14)12(4,5)9-13-7-6-11(2,3)8-13/h6-9H2,1-5H3. The van der Waals surface area contributed by atoms with Gasteiger partial charge in [-0.15, -0.1) is 0 Å². The first-order valence-electron chi connectivity index (χ1n) is 5.46. The van der Waals surface area contributed by atoms with Crippen molar-refractivity contribution < 1.29 is 4.79 Å². The molecule has 1 heterocycles. The minimum absolute atomic E-state index is 0.180. The molecule has 0 aromatic heterocycles. The molecule has 0 aromatic carbocycles. The number of hydrogen-bond acceptors (Lipinski definition) is 2. The van der Waals surface area contributed by atoms with Crippen LogP contribution in [0.5, 0.6) is 0 Å². The van der Waals surface area contributed by atoms with Crippen LogP contribution in [0.15, 0.2) is 0 Å². The Kier molecular flexibility index (Phi) is 3.05. The van der Waals surface area contributed by atoms with Gasteiger partial charge in [-0.2, -0.15) is 0 Å². The van der Waals surface area contributed by atoms with Crippen LogP contribution >= 0.6 is 0 Å². The van der Waals surface area contributed by atoms with E-state index in [-0.39, 0.29) is 5.41 Å². The molecule has 1 fully saturated rings. The Morgan fingerprint density at radius 1 is 1.43 bits per heavy atom. The van der Waals surface area contributed by atoms with Crippen molar-refractivity contribution in [3.63, 3.8) is 0 Å². The van der Waals surface area contributed by atoms with Gasteiger partial charge < -0.3 is 4.90 Å². The Labute approximate surface area is 87.7 Å². The number of rotatable bonds is 3. The lowest BCUT2D eigenvalue weighted by Crippen LogP contribution is -2.37. The van der Waals surface area contributed by atoms with Gasteiger partial charge in [-0.3, -0.25) is 4.79 Å². The smallest absolute Gasteiger partial charge is 0.136 e. The van der Waals surface area contributed by atoms with Crippen molar-refractivity contribution in [1.82, 2.24) is 4.90 Å². The molecule has 1 aliphatic heterocycles. The zero-order valence-electron chi connectivity index (χ0n) is 10.2. The van der Waals surface area contributed by atoms with Gasteiger partial charge in [0.1, 0.15) is 5.78 Å². The Bertz CT molecular complexity index is 230. The Balaban J connectivity index is 2.51. The second-order valence-corrected chi connectivity index (χ2v) is 6.06. The molecule has 0 saturated carbocycles. The monoisotopic (exact) mass is 197 g/mol. The molecule has 2 heteroatoms. The van der Waals surface area contributed by atoms with Crippen molar-refractivity contribution in [3.8, 4) is 0 Å². The molecule has 0 radical (unpaired) electrons. The fourth-order valence-corrected chi connectivity index (χ4v) is 2.03. The molecular formula is C12H23NO. The molecule has 0 bridgehead atoms. The lowest BCUT2D eigenvalue weighted by molar-refractivity contribution is -0.125. The third-order valence-electron chi connectivity index (χ3n) is 3.33. The first-order valence-corrected chi connectivity index (χ1v) is 5.46. The van der Waals surface area contributed by atoms with Gasteiger partial charge in [0, 0.05) is 18.5 Å². The molecule has 0 aromatic rings. The highest BCUT2D eigenvalue weighted by Gasteiger charge is 2.34. The van der Waals surface area contributed by atoms with Crippen LogP contribution in [-0.4, -0.2) is 30.3 Å². The fourth-order valence-electron chi connectivity index (χ4n) is 2.03. The van der Waals surface area contributed by atoms with E-state index in [2.05, 4.69) is 18.7 Å². The number of nitrogens with zero attached hydrogens (tertiary/aromatic N) is 1. The Morgan fingerprint density at radius 3 is 2.36 bits per heavy atom. The van der Waals surface area contributed by atoms with Crippen LogP contribution in [0, 0.1) is 10.8 Å². The quantitative estimate of drug-likeness (QED) is 0.692. The topological polar surface area (TPSA) is 20.3 Å². The number of carbonyl (C=O) groups is 1. The van der Waals surface area contributed by atoms with Gasteiger partial charge in [-0.25, -0.2) is 0 Å². The van der Waals surface area contributed by atoms with E-state index in [0.717, 1.165) is 19.6 Å². The molecule has 0 spiro atoms. The summed E-state index contributed by atoms with van der Waals surface area (Å²) < 4.78 is 0. The summed E-state index contributed by atoms with van der Waals surface area (Å²) in [6.07, 6.45) is 1.25. The second-order valence-electron chi connectivity index (χ2n) is 6.06. The summed E-state index contributed by atoms with van der Waals surface area (Å²) in [6, 6.07) is 0. The summed E-state index contributed by atoms with van der Waals surface area (Å²) >= 11 is 0. The van der Waals surface area contributed by atoms with Crippen LogP contribution in [0.2, 0.25) is 0 Å². The van der Waals surface area contributed by atoms with Crippen molar-refractivity contribution in [3.05, 3.63) is 0 Å². The predicted molar refractivity (Wildman–Crippen MR) is 59.3 cm³/mol. The maximum Gasteiger partial charge on any atom is 0.136 e. The minimum atomic E-state index is -0.180. The van der Waals surface area contributed by atoms with Gasteiger partial charge in [0.25, 0.3) is 0 Å². The minimum Gasteiger partial charge on any atom is -0.302 e. The molecule has 1 saturated heterocycles. The van der Waals surface area contributed by atoms with Crippen LogP contribution in [0.3, 0.4) is 0 Å². The Hall–Kier alpha value is -0.370. The van der Waals surface area contributed by atoms with E-state index in [1.54, 1.807) is 6.92 Å². The molecular weight excluding hydrogens is 174 g/mol. The van der Waals surface area contributed by atoms with Crippen molar-refractivity contribution in [2.75, 3.05) is 19.6 Å². The molecule has 1 rings (SSSR count). The molecule has 82 valence electrons. The largest absolute Gasteiger partial charge is 0.302 e. The summed E-state index contributed by atoms with van der Waals surface area (Å²) in [5.74, 6) is 0.294. The highest BCUT2D eigenvalue weighted by atomic mass is 16.1. The molecule has 14 heavy (non-hydrogen) atoms.